The number of pyridine rings is 1. The molecule has 2 aliphatic rings. The number of guanidine groups is 1. The fraction of sp³-hybridized carbons (Fsp3) is 0.520. The minimum Gasteiger partial charge on any atom is -0.357 e. The molecular weight excluding hydrogens is 511 g/mol. The molecule has 3 heterocycles. The maximum atomic E-state index is 4.65. The molecule has 2 saturated heterocycles. The zero-order chi connectivity index (χ0) is 21.5. The molecule has 4 rings (SSSR count). The first kappa shape index (κ1) is 24.8. The van der Waals surface area contributed by atoms with Crippen LogP contribution in [-0.2, 0) is 13.1 Å². The van der Waals surface area contributed by atoms with Gasteiger partial charge in [0.05, 0.1) is 0 Å². The zero-order valence-electron chi connectivity index (χ0n) is 19.3. The van der Waals surface area contributed by atoms with Gasteiger partial charge in [-0.1, -0.05) is 36.4 Å². The fourth-order valence-electron chi connectivity index (χ4n) is 4.63. The minimum atomic E-state index is 0. The van der Waals surface area contributed by atoms with E-state index in [0.29, 0.717) is 12.1 Å². The summed E-state index contributed by atoms with van der Waals surface area (Å²) in [5.74, 6) is 1.97. The molecule has 2 N–H and O–H groups in total. The van der Waals surface area contributed by atoms with Gasteiger partial charge in [0, 0.05) is 58.1 Å². The number of hydrogen-bond donors (Lipinski definition) is 2. The van der Waals surface area contributed by atoms with Gasteiger partial charge in [-0.05, 0) is 49.8 Å². The number of benzene rings is 1. The number of aromatic nitrogens is 1. The van der Waals surface area contributed by atoms with Crippen LogP contribution in [0.2, 0.25) is 0 Å². The van der Waals surface area contributed by atoms with Crippen LogP contribution in [0.15, 0.2) is 53.7 Å². The SMILES string of the molecule is CN=C(NCc1ccc(N2CCCC2)nc1)NC1CCN(Cc2ccccc2)C(C)C1.I. The predicted molar refractivity (Wildman–Crippen MR) is 144 cm³/mol. The maximum absolute atomic E-state index is 4.65. The Hall–Kier alpha value is -1.87. The topological polar surface area (TPSA) is 55.8 Å². The van der Waals surface area contributed by atoms with E-state index in [1.807, 2.05) is 13.2 Å². The van der Waals surface area contributed by atoms with Gasteiger partial charge in [-0.25, -0.2) is 4.98 Å². The standard InChI is InChI=1S/C25H36N6.HI/c1-20-16-23(12-15-31(20)19-21-8-4-3-5-9-21)29-25(26-2)28-18-22-10-11-24(27-17-22)30-13-6-7-14-30;/h3-5,8-11,17,20,23H,6-7,12-16,18-19H2,1-2H3,(H2,26,28,29);1H. The van der Waals surface area contributed by atoms with E-state index < -0.39 is 0 Å². The lowest BCUT2D eigenvalue weighted by Crippen LogP contribution is -2.51. The van der Waals surface area contributed by atoms with Crippen LogP contribution >= 0.6 is 24.0 Å². The summed E-state index contributed by atoms with van der Waals surface area (Å²) in [5, 5.41) is 7.09. The molecule has 2 aliphatic heterocycles. The van der Waals surface area contributed by atoms with Crippen molar-refractivity contribution in [3.63, 3.8) is 0 Å². The predicted octanol–water partition coefficient (Wildman–Crippen LogP) is 4.02. The van der Waals surface area contributed by atoms with Crippen LogP contribution in [0, 0.1) is 0 Å². The highest BCUT2D eigenvalue weighted by Crippen LogP contribution is 2.20. The van der Waals surface area contributed by atoms with E-state index in [9.17, 15) is 0 Å². The van der Waals surface area contributed by atoms with E-state index >= 15 is 0 Å². The number of rotatable bonds is 6. The van der Waals surface area contributed by atoms with Crippen LogP contribution in [0.3, 0.4) is 0 Å². The Balaban J connectivity index is 0.00000289. The Bertz CT molecular complexity index is 835. The molecule has 0 spiro atoms. The molecule has 2 fully saturated rings. The van der Waals surface area contributed by atoms with Crippen LogP contribution in [0.1, 0.15) is 43.7 Å². The lowest BCUT2D eigenvalue weighted by Gasteiger charge is -2.38. The summed E-state index contributed by atoms with van der Waals surface area (Å²) in [6.45, 7) is 7.46. The molecule has 32 heavy (non-hydrogen) atoms. The lowest BCUT2D eigenvalue weighted by molar-refractivity contribution is 0.134. The monoisotopic (exact) mass is 548 g/mol. The highest BCUT2D eigenvalue weighted by molar-refractivity contribution is 14.0. The molecular formula is C25H37IN6. The van der Waals surface area contributed by atoms with E-state index in [1.54, 1.807) is 0 Å². The molecule has 0 aliphatic carbocycles. The molecule has 2 aromatic rings. The Kier molecular flexibility index (Phi) is 9.59. The maximum Gasteiger partial charge on any atom is 0.191 e. The minimum absolute atomic E-state index is 0. The molecule has 6 nitrogen and oxygen atoms in total. The van der Waals surface area contributed by atoms with E-state index in [0.717, 1.165) is 57.3 Å². The number of anilines is 1. The number of nitrogens with zero attached hydrogens (tertiary/aromatic N) is 4. The van der Waals surface area contributed by atoms with Crippen molar-refractivity contribution in [2.45, 2.75) is 57.8 Å². The van der Waals surface area contributed by atoms with Crippen LogP contribution < -0.4 is 15.5 Å². The summed E-state index contributed by atoms with van der Waals surface area (Å²) in [7, 11) is 1.85. The third-order valence-electron chi connectivity index (χ3n) is 6.51. The van der Waals surface area contributed by atoms with Crippen molar-refractivity contribution in [1.82, 2.24) is 20.5 Å². The number of likely N-dealkylation sites (tertiary alicyclic amines) is 1. The molecule has 0 amide bonds. The number of piperidine rings is 1. The highest BCUT2D eigenvalue weighted by Gasteiger charge is 2.26. The third kappa shape index (κ3) is 6.81. The first-order valence-electron chi connectivity index (χ1n) is 11.7. The smallest absolute Gasteiger partial charge is 0.191 e. The Morgan fingerprint density at radius 1 is 1.06 bits per heavy atom. The van der Waals surface area contributed by atoms with Crippen LogP contribution in [-0.4, -0.2) is 54.6 Å². The molecule has 0 radical (unpaired) electrons. The van der Waals surface area contributed by atoms with Gasteiger partial charge in [0.2, 0.25) is 0 Å². The molecule has 7 heteroatoms. The first-order valence-corrected chi connectivity index (χ1v) is 11.7. The average molecular weight is 549 g/mol. The Morgan fingerprint density at radius 3 is 2.50 bits per heavy atom. The van der Waals surface area contributed by atoms with Crippen molar-refractivity contribution in [2.75, 3.05) is 31.6 Å². The summed E-state index contributed by atoms with van der Waals surface area (Å²) in [4.78, 5) is 14.0. The van der Waals surface area contributed by atoms with E-state index in [4.69, 9.17) is 0 Å². The largest absolute Gasteiger partial charge is 0.357 e. The van der Waals surface area contributed by atoms with Gasteiger partial charge in [-0.3, -0.25) is 9.89 Å². The summed E-state index contributed by atoms with van der Waals surface area (Å²) < 4.78 is 0. The Morgan fingerprint density at radius 2 is 1.84 bits per heavy atom. The van der Waals surface area contributed by atoms with Gasteiger partial charge >= 0.3 is 0 Å². The normalized spacial score (nSPS) is 21.8. The van der Waals surface area contributed by atoms with Gasteiger partial charge in [0.15, 0.2) is 5.96 Å². The third-order valence-corrected chi connectivity index (χ3v) is 6.51. The van der Waals surface area contributed by atoms with E-state index in [-0.39, 0.29) is 24.0 Å². The van der Waals surface area contributed by atoms with Crippen molar-refractivity contribution in [1.29, 1.82) is 0 Å². The second kappa shape index (κ2) is 12.4. The molecule has 2 unspecified atom stereocenters. The van der Waals surface area contributed by atoms with Gasteiger partial charge in [-0.2, -0.15) is 0 Å². The van der Waals surface area contributed by atoms with Crippen molar-refractivity contribution in [2.24, 2.45) is 4.99 Å². The van der Waals surface area contributed by atoms with Gasteiger partial charge in [0.1, 0.15) is 5.82 Å². The van der Waals surface area contributed by atoms with E-state index in [2.05, 4.69) is 79.8 Å². The van der Waals surface area contributed by atoms with Crippen molar-refractivity contribution in [3.05, 3.63) is 59.8 Å². The van der Waals surface area contributed by atoms with Crippen LogP contribution in [0.25, 0.3) is 0 Å². The van der Waals surface area contributed by atoms with Gasteiger partial charge in [-0.15, -0.1) is 24.0 Å². The van der Waals surface area contributed by atoms with Crippen molar-refractivity contribution >= 4 is 35.8 Å². The fourth-order valence-corrected chi connectivity index (χ4v) is 4.63. The number of halogens is 1. The highest BCUT2D eigenvalue weighted by atomic mass is 127. The van der Waals surface area contributed by atoms with Crippen molar-refractivity contribution in [3.8, 4) is 0 Å². The Labute approximate surface area is 209 Å². The molecule has 174 valence electrons. The van der Waals surface area contributed by atoms with Gasteiger partial charge < -0.3 is 15.5 Å². The quantitative estimate of drug-likeness (QED) is 0.325. The zero-order valence-corrected chi connectivity index (χ0v) is 21.7. The number of hydrogen-bond acceptors (Lipinski definition) is 4. The molecule has 2 atom stereocenters. The second-order valence-corrected chi connectivity index (χ2v) is 8.82. The summed E-state index contributed by atoms with van der Waals surface area (Å²) in [6, 6.07) is 16.1. The van der Waals surface area contributed by atoms with Crippen LogP contribution in [0.5, 0.6) is 0 Å². The molecule has 1 aromatic carbocycles. The first-order chi connectivity index (χ1) is 15.2. The average Bonchev–Trinajstić information content (AvgIpc) is 3.34. The summed E-state index contributed by atoms with van der Waals surface area (Å²) in [5.41, 5.74) is 2.57. The van der Waals surface area contributed by atoms with Gasteiger partial charge in [0.25, 0.3) is 0 Å². The number of aliphatic imine (C=N–C) groups is 1. The molecule has 1 aromatic heterocycles. The van der Waals surface area contributed by atoms with Crippen molar-refractivity contribution < 1.29 is 0 Å². The number of nitrogens with one attached hydrogen (secondary N) is 2. The summed E-state index contributed by atoms with van der Waals surface area (Å²) in [6.07, 6.45) is 6.79. The summed E-state index contributed by atoms with van der Waals surface area (Å²) >= 11 is 0. The second-order valence-electron chi connectivity index (χ2n) is 8.82. The molecule has 0 bridgehead atoms. The molecule has 0 saturated carbocycles. The van der Waals surface area contributed by atoms with Crippen LogP contribution in [0.4, 0.5) is 5.82 Å². The lowest BCUT2D eigenvalue weighted by atomic mass is 9.97. The van der Waals surface area contributed by atoms with E-state index in [1.165, 1.54) is 24.0 Å².